The number of pyridine rings is 2. The summed E-state index contributed by atoms with van der Waals surface area (Å²) in [5, 5.41) is 3.87. The number of H-pyrrole nitrogens is 1. The lowest BCUT2D eigenvalue weighted by Gasteiger charge is -2.15. The summed E-state index contributed by atoms with van der Waals surface area (Å²) < 4.78 is 16.4. The van der Waals surface area contributed by atoms with E-state index in [0.29, 0.717) is 22.2 Å². The van der Waals surface area contributed by atoms with E-state index in [1.807, 2.05) is 22.9 Å². The molecular weight excluding hydrogens is 377 g/mol. The van der Waals surface area contributed by atoms with Gasteiger partial charge in [-0.2, -0.15) is 11.3 Å². The van der Waals surface area contributed by atoms with Gasteiger partial charge in [0.1, 0.15) is 5.82 Å². The summed E-state index contributed by atoms with van der Waals surface area (Å²) in [6.45, 7) is 1.78. The van der Waals surface area contributed by atoms with Crippen LogP contribution >= 0.6 is 11.3 Å². The molecule has 5 rings (SSSR count). The van der Waals surface area contributed by atoms with Gasteiger partial charge in [0, 0.05) is 34.6 Å². The van der Waals surface area contributed by atoms with Crippen LogP contribution in [0.5, 0.6) is 0 Å². The fraction of sp³-hybridized carbons (Fsp3) is 0.190. The van der Waals surface area contributed by atoms with Crippen molar-refractivity contribution in [3.05, 3.63) is 79.3 Å². The number of fused-ring (bicyclic) bond motifs is 1. The Balaban J connectivity index is 1.86. The Morgan fingerprint density at radius 2 is 1.89 bits per heavy atom. The van der Waals surface area contributed by atoms with E-state index in [9.17, 15) is 9.59 Å². The number of aryl methyl sites for hydroxylation is 1. The van der Waals surface area contributed by atoms with E-state index in [1.54, 1.807) is 19.3 Å². The van der Waals surface area contributed by atoms with Crippen LogP contribution in [0.25, 0.3) is 27.8 Å². The predicted octanol–water partition coefficient (Wildman–Crippen LogP) is 4.10. The van der Waals surface area contributed by atoms with E-state index >= 15 is 4.39 Å². The lowest BCUT2D eigenvalue weighted by Crippen LogP contribution is -2.29. The molecule has 1 saturated carbocycles. The highest BCUT2D eigenvalue weighted by atomic mass is 32.1. The SMILES string of the molecule is Cc1c(-c2cscc2-c2ccncc2)c(F)cn2c(=O)[nH]c(=O)c(C3CC3)c12. The van der Waals surface area contributed by atoms with Gasteiger partial charge in [-0.1, -0.05) is 0 Å². The third-order valence-corrected chi connectivity index (χ3v) is 6.04. The summed E-state index contributed by atoms with van der Waals surface area (Å²) in [7, 11) is 0. The van der Waals surface area contributed by atoms with Crippen LogP contribution in [0.1, 0.15) is 29.9 Å². The zero-order valence-corrected chi connectivity index (χ0v) is 15.8. The molecule has 0 radical (unpaired) electrons. The maximum Gasteiger partial charge on any atom is 0.333 e. The normalized spacial score (nSPS) is 13.9. The summed E-state index contributed by atoms with van der Waals surface area (Å²) >= 11 is 1.48. The van der Waals surface area contributed by atoms with Crippen molar-refractivity contribution in [3.63, 3.8) is 0 Å². The highest BCUT2D eigenvalue weighted by Gasteiger charge is 2.31. The van der Waals surface area contributed by atoms with E-state index in [2.05, 4.69) is 9.97 Å². The average molecular weight is 393 g/mol. The van der Waals surface area contributed by atoms with Gasteiger partial charge in [-0.3, -0.25) is 19.2 Å². The number of thiophene rings is 1. The number of nitrogens with zero attached hydrogens (tertiary/aromatic N) is 2. The molecule has 0 amide bonds. The first kappa shape index (κ1) is 17.1. The Hall–Kier alpha value is -3.06. The monoisotopic (exact) mass is 393 g/mol. The summed E-state index contributed by atoms with van der Waals surface area (Å²) in [5.41, 5.74) is 3.76. The third kappa shape index (κ3) is 2.54. The Bertz CT molecular complexity index is 1330. The quantitative estimate of drug-likeness (QED) is 0.570. The minimum absolute atomic E-state index is 0.124. The van der Waals surface area contributed by atoms with Crippen LogP contribution < -0.4 is 11.2 Å². The molecule has 1 fully saturated rings. The van der Waals surface area contributed by atoms with Crippen LogP contribution in [0.3, 0.4) is 0 Å². The van der Waals surface area contributed by atoms with Crippen molar-refractivity contribution in [2.24, 2.45) is 0 Å². The van der Waals surface area contributed by atoms with Crippen molar-refractivity contribution in [1.82, 2.24) is 14.4 Å². The van der Waals surface area contributed by atoms with Gasteiger partial charge in [0.25, 0.3) is 5.56 Å². The van der Waals surface area contributed by atoms with Crippen molar-refractivity contribution in [2.45, 2.75) is 25.7 Å². The van der Waals surface area contributed by atoms with Crippen molar-refractivity contribution < 1.29 is 4.39 Å². The van der Waals surface area contributed by atoms with Crippen LogP contribution in [-0.2, 0) is 0 Å². The zero-order chi connectivity index (χ0) is 19.4. The van der Waals surface area contributed by atoms with Crippen LogP contribution in [0, 0.1) is 12.7 Å². The number of nitrogens with one attached hydrogen (secondary N) is 1. The van der Waals surface area contributed by atoms with Gasteiger partial charge in [-0.25, -0.2) is 9.18 Å². The lowest BCUT2D eigenvalue weighted by molar-refractivity contribution is 0.618. The zero-order valence-electron chi connectivity index (χ0n) is 15.0. The number of aromatic nitrogens is 3. The maximum absolute atomic E-state index is 15.2. The number of hydrogen-bond donors (Lipinski definition) is 1. The summed E-state index contributed by atoms with van der Waals surface area (Å²) in [4.78, 5) is 31.2. The van der Waals surface area contributed by atoms with Gasteiger partial charge in [0.2, 0.25) is 0 Å². The molecule has 1 aliphatic rings. The van der Waals surface area contributed by atoms with E-state index < -0.39 is 11.5 Å². The Morgan fingerprint density at radius 3 is 2.61 bits per heavy atom. The van der Waals surface area contributed by atoms with Crippen molar-refractivity contribution in [2.75, 3.05) is 0 Å². The number of rotatable bonds is 3. The van der Waals surface area contributed by atoms with Gasteiger partial charge < -0.3 is 0 Å². The van der Waals surface area contributed by atoms with E-state index in [0.717, 1.165) is 29.5 Å². The summed E-state index contributed by atoms with van der Waals surface area (Å²) in [6.07, 6.45) is 6.40. The maximum atomic E-state index is 15.2. The molecule has 1 N–H and O–H groups in total. The molecule has 0 aromatic carbocycles. The number of aromatic amines is 1. The van der Waals surface area contributed by atoms with Crippen molar-refractivity contribution in [3.8, 4) is 22.3 Å². The molecule has 28 heavy (non-hydrogen) atoms. The highest BCUT2D eigenvalue weighted by Crippen LogP contribution is 2.43. The first-order chi connectivity index (χ1) is 13.6. The molecule has 4 aromatic heterocycles. The Morgan fingerprint density at radius 1 is 1.18 bits per heavy atom. The van der Waals surface area contributed by atoms with Gasteiger partial charge in [0.05, 0.1) is 11.7 Å². The number of hydrogen-bond acceptors (Lipinski definition) is 4. The van der Waals surface area contributed by atoms with Gasteiger partial charge in [-0.05, 0) is 59.7 Å². The average Bonchev–Trinajstić information content (AvgIpc) is 3.40. The van der Waals surface area contributed by atoms with Crippen molar-refractivity contribution >= 4 is 16.9 Å². The highest BCUT2D eigenvalue weighted by molar-refractivity contribution is 7.08. The minimum atomic E-state index is -0.613. The fourth-order valence-corrected chi connectivity index (χ4v) is 4.72. The van der Waals surface area contributed by atoms with Crippen LogP contribution in [-0.4, -0.2) is 14.4 Å². The predicted molar refractivity (Wildman–Crippen MR) is 108 cm³/mol. The molecule has 140 valence electrons. The second-order valence-electron chi connectivity index (χ2n) is 7.08. The largest absolute Gasteiger partial charge is 0.333 e. The molecule has 5 nitrogen and oxygen atoms in total. The summed E-state index contributed by atoms with van der Waals surface area (Å²) in [6, 6.07) is 3.76. The molecule has 0 saturated heterocycles. The second kappa shape index (κ2) is 6.24. The van der Waals surface area contributed by atoms with Gasteiger partial charge in [0.15, 0.2) is 0 Å². The Kier molecular flexibility index (Phi) is 3.80. The molecule has 1 aliphatic carbocycles. The first-order valence-corrected chi connectivity index (χ1v) is 9.95. The van der Waals surface area contributed by atoms with E-state index in [-0.39, 0.29) is 11.5 Å². The Labute approximate surface area is 163 Å². The van der Waals surface area contributed by atoms with Crippen molar-refractivity contribution in [1.29, 1.82) is 0 Å². The topological polar surface area (TPSA) is 67.2 Å². The molecule has 0 spiro atoms. The number of halogens is 1. The molecule has 4 heterocycles. The van der Waals surface area contributed by atoms with Crippen LogP contribution in [0.2, 0.25) is 0 Å². The molecule has 0 unspecified atom stereocenters. The first-order valence-electron chi connectivity index (χ1n) is 9.01. The lowest BCUT2D eigenvalue weighted by atomic mass is 9.94. The molecule has 0 aliphatic heterocycles. The smallest absolute Gasteiger partial charge is 0.273 e. The summed E-state index contributed by atoms with van der Waals surface area (Å²) in [5.74, 6) is -0.367. The molecule has 7 heteroatoms. The fourth-order valence-electron chi connectivity index (χ4n) is 3.87. The third-order valence-electron chi connectivity index (χ3n) is 5.30. The van der Waals surface area contributed by atoms with Gasteiger partial charge in [-0.15, -0.1) is 0 Å². The van der Waals surface area contributed by atoms with E-state index in [1.165, 1.54) is 21.9 Å². The van der Waals surface area contributed by atoms with Crippen LogP contribution in [0.4, 0.5) is 4.39 Å². The van der Waals surface area contributed by atoms with Crippen LogP contribution in [0.15, 0.2) is 51.1 Å². The molecule has 4 aromatic rings. The van der Waals surface area contributed by atoms with E-state index in [4.69, 9.17) is 0 Å². The second-order valence-corrected chi connectivity index (χ2v) is 7.82. The molecule has 0 bridgehead atoms. The molecule has 0 atom stereocenters. The standard InChI is InChI=1S/C21H16FN3O2S/c1-11-17(15-10-28-9-14(15)12-4-6-23-7-5-12)16(22)8-25-19(11)18(13-2-3-13)20(26)24-21(25)27/h4-10,13H,2-3H2,1H3,(H,24,26,27). The van der Waals surface area contributed by atoms with Gasteiger partial charge >= 0.3 is 5.69 Å². The minimum Gasteiger partial charge on any atom is -0.273 e. The molecular formula is C21H16FN3O2S.